The van der Waals surface area contributed by atoms with E-state index < -0.39 is 0 Å². The standard InChI is InChI=1S/C20H11N5/c21-11-13-3-7-17(16(10-13)12-22)24-18-8-6-15-5-4-14-2-1-9-23-19(14)20(15)25-18/h1-10H,(H,24,25). The third kappa shape index (κ3) is 2.60. The summed E-state index contributed by atoms with van der Waals surface area (Å²) in [7, 11) is 0. The molecule has 0 aliphatic rings. The minimum absolute atomic E-state index is 0.400. The van der Waals surface area contributed by atoms with Crippen molar-refractivity contribution in [1.29, 1.82) is 10.5 Å². The van der Waals surface area contributed by atoms with Gasteiger partial charge in [0, 0.05) is 17.0 Å². The third-order valence-corrected chi connectivity index (χ3v) is 3.96. The molecular formula is C20H11N5. The van der Waals surface area contributed by atoms with Crippen LogP contribution in [-0.4, -0.2) is 9.97 Å². The van der Waals surface area contributed by atoms with E-state index >= 15 is 0 Å². The number of anilines is 2. The quantitative estimate of drug-likeness (QED) is 0.557. The van der Waals surface area contributed by atoms with Crippen molar-refractivity contribution in [2.75, 3.05) is 5.32 Å². The predicted octanol–water partition coefficient (Wildman–Crippen LogP) is 4.27. The van der Waals surface area contributed by atoms with Gasteiger partial charge in [0.05, 0.1) is 33.9 Å². The van der Waals surface area contributed by atoms with Crippen LogP contribution in [0.2, 0.25) is 0 Å². The molecule has 25 heavy (non-hydrogen) atoms. The van der Waals surface area contributed by atoms with Gasteiger partial charge in [0.2, 0.25) is 0 Å². The lowest BCUT2D eigenvalue weighted by Crippen LogP contribution is -1.97. The van der Waals surface area contributed by atoms with Crippen LogP contribution in [0.1, 0.15) is 11.1 Å². The van der Waals surface area contributed by atoms with Crippen LogP contribution in [0, 0.1) is 22.7 Å². The minimum atomic E-state index is 0.400. The number of fused-ring (bicyclic) bond motifs is 3. The van der Waals surface area contributed by atoms with Gasteiger partial charge in [-0.05, 0) is 36.4 Å². The van der Waals surface area contributed by atoms with Crippen molar-refractivity contribution >= 4 is 33.3 Å². The van der Waals surface area contributed by atoms with Gasteiger partial charge in [-0.2, -0.15) is 10.5 Å². The van der Waals surface area contributed by atoms with E-state index in [4.69, 9.17) is 5.26 Å². The Hall–Kier alpha value is -3.96. The van der Waals surface area contributed by atoms with E-state index in [0.717, 1.165) is 21.8 Å². The Kier molecular flexibility index (Phi) is 3.46. The van der Waals surface area contributed by atoms with E-state index in [-0.39, 0.29) is 0 Å². The summed E-state index contributed by atoms with van der Waals surface area (Å²) in [6.45, 7) is 0. The minimum Gasteiger partial charge on any atom is -0.339 e. The summed E-state index contributed by atoms with van der Waals surface area (Å²) in [6.07, 6.45) is 1.75. The molecule has 0 radical (unpaired) electrons. The number of benzene rings is 2. The van der Waals surface area contributed by atoms with Crippen molar-refractivity contribution in [3.63, 3.8) is 0 Å². The molecule has 0 saturated heterocycles. The fourth-order valence-corrected chi connectivity index (χ4v) is 2.75. The molecule has 4 aromatic rings. The summed E-state index contributed by atoms with van der Waals surface area (Å²) < 4.78 is 0. The van der Waals surface area contributed by atoms with E-state index in [1.54, 1.807) is 24.4 Å². The molecule has 1 N–H and O–H groups in total. The van der Waals surface area contributed by atoms with Crippen LogP contribution in [0.4, 0.5) is 11.5 Å². The van der Waals surface area contributed by atoms with Crippen LogP contribution in [0.5, 0.6) is 0 Å². The zero-order valence-electron chi connectivity index (χ0n) is 13.1. The van der Waals surface area contributed by atoms with E-state index in [0.29, 0.717) is 22.6 Å². The highest BCUT2D eigenvalue weighted by molar-refractivity contribution is 6.03. The van der Waals surface area contributed by atoms with Crippen LogP contribution in [0.15, 0.2) is 60.8 Å². The van der Waals surface area contributed by atoms with Gasteiger partial charge in [-0.1, -0.05) is 18.2 Å². The van der Waals surface area contributed by atoms with Crippen LogP contribution in [0.3, 0.4) is 0 Å². The van der Waals surface area contributed by atoms with Crippen molar-refractivity contribution in [2.45, 2.75) is 0 Å². The van der Waals surface area contributed by atoms with Gasteiger partial charge in [-0.25, -0.2) is 4.98 Å². The van der Waals surface area contributed by atoms with E-state index in [9.17, 15) is 5.26 Å². The first-order valence-electron chi connectivity index (χ1n) is 7.64. The topological polar surface area (TPSA) is 85.4 Å². The number of rotatable bonds is 2. The van der Waals surface area contributed by atoms with Crippen molar-refractivity contribution in [3.05, 3.63) is 71.9 Å². The lowest BCUT2D eigenvalue weighted by atomic mass is 10.1. The van der Waals surface area contributed by atoms with Gasteiger partial charge in [-0.3, -0.25) is 4.98 Å². The highest BCUT2D eigenvalue weighted by Crippen LogP contribution is 2.26. The number of hydrogen-bond donors (Lipinski definition) is 1. The second-order valence-electron chi connectivity index (χ2n) is 5.52. The maximum absolute atomic E-state index is 9.30. The highest BCUT2D eigenvalue weighted by Gasteiger charge is 2.07. The molecule has 2 aromatic heterocycles. The molecule has 0 amide bonds. The Balaban J connectivity index is 1.82. The number of pyridine rings is 2. The number of nitriles is 2. The van der Waals surface area contributed by atoms with Gasteiger partial charge in [0.25, 0.3) is 0 Å². The van der Waals surface area contributed by atoms with Gasteiger partial charge < -0.3 is 5.32 Å². The first-order chi connectivity index (χ1) is 12.3. The maximum Gasteiger partial charge on any atom is 0.131 e. The highest BCUT2D eigenvalue weighted by atomic mass is 15.0. The van der Waals surface area contributed by atoms with E-state index in [1.165, 1.54) is 0 Å². The molecule has 2 heterocycles. The van der Waals surface area contributed by atoms with E-state index in [2.05, 4.69) is 21.4 Å². The smallest absolute Gasteiger partial charge is 0.131 e. The third-order valence-electron chi connectivity index (χ3n) is 3.96. The second kappa shape index (κ2) is 5.92. The molecule has 5 heteroatoms. The lowest BCUT2D eigenvalue weighted by Gasteiger charge is -2.09. The molecule has 4 rings (SSSR count). The van der Waals surface area contributed by atoms with Gasteiger partial charge in [0.15, 0.2) is 0 Å². The summed E-state index contributed by atoms with van der Waals surface area (Å²) in [6, 6.07) is 20.8. The first-order valence-corrected chi connectivity index (χ1v) is 7.64. The Labute approximate surface area is 143 Å². The zero-order valence-corrected chi connectivity index (χ0v) is 13.1. The molecule has 0 bridgehead atoms. The average molecular weight is 321 g/mol. The number of hydrogen-bond acceptors (Lipinski definition) is 5. The van der Waals surface area contributed by atoms with Crippen molar-refractivity contribution < 1.29 is 0 Å². The molecule has 0 atom stereocenters. The molecule has 0 spiro atoms. The molecule has 5 nitrogen and oxygen atoms in total. The SMILES string of the molecule is N#Cc1ccc(Nc2ccc3ccc4cccnc4c3n2)c(C#N)c1. The van der Waals surface area contributed by atoms with Crippen molar-refractivity contribution in [1.82, 2.24) is 9.97 Å². The van der Waals surface area contributed by atoms with Crippen LogP contribution < -0.4 is 5.32 Å². The maximum atomic E-state index is 9.30. The molecular weight excluding hydrogens is 310 g/mol. The van der Waals surface area contributed by atoms with Crippen LogP contribution >= 0.6 is 0 Å². The number of nitrogens with one attached hydrogen (secondary N) is 1. The summed E-state index contributed by atoms with van der Waals surface area (Å²) in [4.78, 5) is 9.10. The summed E-state index contributed by atoms with van der Waals surface area (Å²) in [5.41, 5.74) is 3.10. The first kappa shape index (κ1) is 14.6. The van der Waals surface area contributed by atoms with E-state index in [1.807, 2.05) is 42.5 Å². The molecule has 0 aliphatic carbocycles. The van der Waals surface area contributed by atoms with Gasteiger partial charge >= 0.3 is 0 Å². The second-order valence-corrected chi connectivity index (χ2v) is 5.52. The summed E-state index contributed by atoms with van der Waals surface area (Å²) in [5.74, 6) is 0.617. The number of aromatic nitrogens is 2. The molecule has 116 valence electrons. The summed E-state index contributed by atoms with van der Waals surface area (Å²) in [5, 5.41) is 23.4. The lowest BCUT2D eigenvalue weighted by molar-refractivity contribution is 1.34. The molecule has 0 fully saturated rings. The van der Waals surface area contributed by atoms with Crippen LogP contribution in [0.25, 0.3) is 21.8 Å². The largest absolute Gasteiger partial charge is 0.339 e. The Morgan fingerprint density at radius 3 is 2.44 bits per heavy atom. The Morgan fingerprint density at radius 1 is 0.840 bits per heavy atom. The Bertz CT molecular complexity index is 1200. The fraction of sp³-hybridized carbons (Fsp3) is 0. The zero-order chi connectivity index (χ0) is 17.2. The van der Waals surface area contributed by atoms with Crippen LogP contribution in [-0.2, 0) is 0 Å². The molecule has 2 aromatic carbocycles. The van der Waals surface area contributed by atoms with Gasteiger partial charge in [-0.15, -0.1) is 0 Å². The fourth-order valence-electron chi connectivity index (χ4n) is 2.75. The number of nitrogens with zero attached hydrogens (tertiary/aromatic N) is 4. The van der Waals surface area contributed by atoms with Gasteiger partial charge in [0.1, 0.15) is 11.9 Å². The molecule has 0 aliphatic heterocycles. The summed E-state index contributed by atoms with van der Waals surface area (Å²) >= 11 is 0. The normalized spacial score (nSPS) is 10.3. The monoisotopic (exact) mass is 321 g/mol. The predicted molar refractivity (Wildman–Crippen MR) is 96.2 cm³/mol. The molecule has 0 unspecified atom stereocenters. The van der Waals surface area contributed by atoms with Crippen molar-refractivity contribution in [3.8, 4) is 12.1 Å². The Morgan fingerprint density at radius 2 is 1.64 bits per heavy atom. The average Bonchev–Trinajstić information content (AvgIpc) is 2.68. The van der Waals surface area contributed by atoms with Crippen molar-refractivity contribution in [2.24, 2.45) is 0 Å². The molecule has 0 saturated carbocycles.